The number of likely N-dealkylation sites (tertiary alicyclic amines) is 1. The molecule has 1 unspecified atom stereocenters. The maximum absolute atomic E-state index is 14.4. The summed E-state index contributed by atoms with van der Waals surface area (Å²) in [6.45, 7) is 2.69. The van der Waals surface area contributed by atoms with Crippen LogP contribution in [0.1, 0.15) is 62.1 Å². The molecule has 2 aromatic carbocycles. The minimum Gasteiger partial charge on any atom is -0.481 e. The van der Waals surface area contributed by atoms with Crippen molar-refractivity contribution >= 4 is 45.1 Å². The third-order valence-corrected chi connectivity index (χ3v) is 10.6. The van der Waals surface area contributed by atoms with Gasteiger partial charge in [-0.05, 0) is 67.0 Å². The first kappa shape index (κ1) is 27.4. The number of amides is 1. The van der Waals surface area contributed by atoms with E-state index < -0.39 is 33.5 Å². The van der Waals surface area contributed by atoms with Gasteiger partial charge in [-0.1, -0.05) is 54.4 Å². The molecule has 0 bridgehead atoms. The molecule has 0 aromatic heterocycles. The fraction of sp³-hybridized carbons (Fsp3) is 0.500. The van der Waals surface area contributed by atoms with E-state index in [0.29, 0.717) is 29.6 Å². The summed E-state index contributed by atoms with van der Waals surface area (Å²) in [4.78, 5) is 28.1. The lowest BCUT2D eigenvalue weighted by atomic mass is 9.67. The van der Waals surface area contributed by atoms with Gasteiger partial charge in [-0.3, -0.25) is 9.59 Å². The van der Waals surface area contributed by atoms with E-state index in [2.05, 4.69) is 0 Å². The minimum atomic E-state index is -3.58. The van der Waals surface area contributed by atoms with Gasteiger partial charge in [-0.15, -0.1) is 0 Å². The van der Waals surface area contributed by atoms with Crippen molar-refractivity contribution in [2.75, 3.05) is 18.8 Å². The van der Waals surface area contributed by atoms with Gasteiger partial charge in [0.05, 0.1) is 29.7 Å². The number of carbonyl (C=O) groups excluding carboxylic acids is 1. The van der Waals surface area contributed by atoms with Gasteiger partial charge in [0.25, 0.3) is 0 Å². The number of hydrogen-bond acceptors (Lipinski definition) is 4. The van der Waals surface area contributed by atoms with Crippen LogP contribution in [0.4, 0.5) is 0 Å². The first-order chi connectivity index (χ1) is 18.0. The van der Waals surface area contributed by atoms with E-state index in [9.17, 15) is 23.1 Å². The van der Waals surface area contributed by atoms with E-state index in [1.165, 1.54) is 4.31 Å². The van der Waals surface area contributed by atoms with E-state index >= 15 is 0 Å². The number of benzene rings is 2. The van der Waals surface area contributed by atoms with E-state index in [4.69, 9.17) is 23.2 Å². The molecule has 5 rings (SSSR count). The number of nitrogens with zero attached hydrogens (tertiary/aromatic N) is 2. The van der Waals surface area contributed by atoms with Crippen molar-refractivity contribution in [3.05, 3.63) is 69.7 Å². The number of aliphatic carboxylic acids is 1. The van der Waals surface area contributed by atoms with Crippen LogP contribution >= 0.6 is 23.2 Å². The summed E-state index contributed by atoms with van der Waals surface area (Å²) < 4.78 is 28.3. The van der Waals surface area contributed by atoms with Gasteiger partial charge in [0, 0.05) is 29.1 Å². The van der Waals surface area contributed by atoms with Gasteiger partial charge in [-0.2, -0.15) is 0 Å². The molecule has 204 valence electrons. The Morgan fingerprint density at radius 2 is 1.76 bits per heavy atom. The largest absolute Gasteiger partial charge is 0.481 e. The van der Waals surface area contributed by atoms with Crippen LogP contribution in [0.15, 0.2) is 48.5 Å². The second kappa shape index (κ2) is 10.5. The molecule has 2 aliphatic heterocycles. The summed E-state index contributed by atoms with van der Waals surface area (Å²) in [5.74, 6) is -1.80. The number of rotatable bonds is 9. The Morgan fingerprint density at radius 3 is 2.32 bits per heavy atom. The van der Waals surface area contributed by atoms with Gasteiger partial charge < -0.3 is 10.0 Å². The summed E-state index contributed by atoms with van der Waals surface area (Å²) in [6, 6.07) is 13.6. The second-order valence-electron chi connectivity index (χ2n) is 11.1. The van der Waals surface area contributed by atoms with Crippen LogP contribution in [-0.4, -0.2) is 59.5 Å². The molecule has 7 nitrogen and oxygen atoms in total. The van der Waals surface area contributed by atoms with Crippen molar-refractivity contribution < 1.29 is 23.1 Å². The predicted octanol–water partition coefficient (Wildman–Crippen LogP) is 5.35. The first-order valence-electron chi connectivity index (χ1n) is 13.0. The maximum Gasteiger partial charge on any atom is 0.304 e. The lowest BCUT2D eigenvalue weighted by Crippen LogP contribution is -2.59. The zero-order valence-corrected chi connectivity index (χ0v) is 23.6. The Bertz CT molecular complexity index is 1330. The molecule has 1 N–H and O–H groups in total. The van der Waals surface area contributed by atoms with Gasteiger partial charge in [-0.25, -0.2) is 12.7 Å². The van der Waals surface area contributed by atoms with Gasteiger partial charge in [0.15, 0.2) is 0 Å². The molecule has 2 saturated heterocycles. The molecule has 1 aliphatic carbocycles. The van der Waals surface area contributed by atoms with E-state index in [1.54, 1.807) is 30.0 Å². The number of hydrogen-bond donors (Lipinski definition) is 1. The third-order valence-electron chi connectivity index (χ3n) is 8.25. The van der Waals surface area contributed by atoms with Crippen molar-refractivity contribution in [2.24, 2.45) is 11.3 Å². The monoisotopic (exact) mass is 578 g/mol. The Labute approximate surface area is 233 Å². The zero-order valence-electron chi connectivity index (χ0n) is 21.2. The summed E-state index contributed by atoms with van der Waals surface area (Å²) in [6.07, 6.45) is 2.43. The van der Waals surface area contributed by atoms with E-state index in [0.717, 1.165) is 30.4 Å². The summed E-state index contributed by atoms with van der Waals surface area (Å²) in [5, 5.41) is 10.9. The van der Waals surface area contributed by atoms with Gasteiger partial charge in [0.1, 0.15) is 0 Å². The quantitative estimate of drug-likeness (QED) is 0.433. The molecule has 3 fully saturated rings. The standard InChI is InChI=1S/C28H32Cl2N2O5S/c1-28(16-25(33)34)15-23(20-4-2-5-22(30)14-20)26(19-8-10-21(29)11-9-19)32(27(28)35)24(18-6-7-18)17-38(36,37)31-12-3-13-31/h2,4-5,8-11,14,18,23-24,26H,3,6-7,12-13,15-17H2,1H3,(H,33,34)/t23-,24?,26-,28-/m1/s1. The van der Waals surface area contributed by atoms with Crippen molar-refractivity contribution in [3.8, 4) is 0 Å². The molecule has 10 heteroatoms. The van der Waals surface area contributed by atoms with Crippen LogP contribution in [-0.2, 0) is 19.6 Å². The molecular weight excluding hydrogens is 547 g/mol. The van der Waals surface area contributed by atoms with Crippen LogP contribution in [0.5, 0.6) is 0 Å². The number of carboxylic acids is 1. The molecule has 0 radical (unpaired) electrons. The highest BCUT2D eigenvalue weighted by Crippen LogP contribution is 2.54. The third kappa shape index (κ3) is 5.46. The lowest BCUT2D eigenvalue weighted by molar-refractivity contribution is -0.160. The van der Waals surface area contributed by atoms with Gasteiger partial charge >= 0.3 is 5.97 Å². The fourth-order valence-corrected chi connectivity index (χ4v) is 8.27. The lowest BCUT2D eigenvalue weighted by Gasteiger charge is -2.52. The van der Waals surface area contributed by atoms with E-state index in [1.807, 2.05) is 30.3 Å². The molecule has 3 aliphatic rings. The van der Waals surface area contributed by atoms with Crippen LogP contribution < -0.4 is 0 Å². The molecule has 2 heterocycles. The number of sulfonamides is 1. The molecule has 2 aromatic rings. The number of halogens is 2. The average Bonchev–Trinajstić information content (AvgIpc) is 3.63. The van der Waals surface area contributed by atoms with Crippen molar-refractivity contribution in [3.63, 3.8) is 0 Å². The summed E-state index contributed by atoms with van der Waals surface area (Å²) >= 11 is 12.6. The van der Waals surface area contributed by atoms with Crippen LogP contribution in [0.3, 0.4) is 0 Å². The summed E-state index contributed by atoms with van der Waals surface area (Å²) in [7, 11) is -3.58. The Hall–Kier alpha value is -2.13. The van der Waals surface area contributed by atoms with Crippen molar-refractivity contribution in [1.82, 2.24) is 9.21 Å². The van der Waals surface area contributed by atoms with Crippen LogP contribution in [0, 0.1) is 11.3 Å². The smallest absolute Gasteiger partial charge is 0.304 e. The molecule has 4 atom stereocenters. The summed E-state index contributed by atoms with van der Waals surface area (Å²) in [5.41, 5.74) is 0.499. The molecule has 0 spiro atoms. The zero-order chi connectivity index (χ0) is 27.2. The van der Waals surface area contributed by atoms with Gasteiger partial charge in [0.2, 0.25) is 15.9 Å². The second-order valence-corrected chi connectivity index (χ2v) is 14.0. The molecule has 38 heavy (non-hydrogen) atoms. The van der Waals surface area contributed by atoms with Crippen LogP contribution in [0.25, 0.3) is 0 Å². The Balaban J connectivity index is 1.67. The Kier molecular flexibility index (Phi) is 7.55. The Morgan fingerprint density at radius 1 is 1.08 bits per heavy atom. The van der Waals surface area contributed by atoms with Crippen molar-refractivity contribution in [2.45, 2.75) is 57.0 Å². The highest BCUT2D eigenvalue weighted by Gasteiger charge is 2.55. The number of piperidine rings is 1. The van der Waals surface area contributed by atoms with Crippen molar-refractivity contribution in [1.29, 1.82) is 0 Å². The normalized spacial score (nSPS) is 27.1. The highest BCUT2D eigenvalue weighted by molar-refractivity contribution is 7.89. The topological polar surface area (TPSA) is 95.0 Å². The molecule has 1 amide bonds. The minimum absolute atomic E-state index is 0.0389. The predicted molar refractivity (Wildman–Crippen MR) is 147 cm³/mol. The molecule has 1 saturated carbocycles. The number of carbonyl (C=O) groups is 2. The first-order valence-corrected chi connectivity index (χ1v) is 15.4. The fourth-order valence-electron chi connectivity index (χ4n) is 6.06. The maximum atomic E-state index is 14.4. The SMILES string of the molecule is C[C@]1(CC(=O)O)C[C@H](c2cccc(Cl)c2)[C@@H](c2ccc(Cl)cc2)N(C(CS(=O)(=O)N2CCC2)C2CC2)C1=O. The van der Waals surface area contributed by atoms with E-state index in [-0.39, 0.29) is 29.9 Å². The number of carboxylic acid groups (broad SMARTS) is 1. The van der Waals surface area contributed by atoms with Crippen LogP contribution in [0.2, 0.25) is 10.0 Å². The average molecular weight is 580 g/mol. The highest BCUT2D eigenvalue weighted by atomic mass is 35.5. The molecular formula is C28H32Cl2N2O5S.